The Balaban J connectivity index is 3.56. The third-order valence-electron chi connectivity index (χ3n) is 1.37. The van der Waals surface area contributed by atoms with Gasteiger partial charge in [0.2, 0.25) is 0 Å². The largest absolute Gasteiger partial charge is 0.392 e. The second kappa shape index (κ2) is 3.85. The van der Waals surface area contributed by atoms with Gasteiger partial charge in [0.1, 0.15) is 10.7 Å². The number of nitro groups is 1. The molecule has 13 heavy (non-hydrogen) atoms. The number of halogens is 3. The molecule has 70 valence electrons. The van der Waals surface area contributed by atoms with E-state index < -0.39 is 4.92 Å². The topological polar surface area (TPSA) is 69.2 Å². The fourth-order valence-corrected chi connectivity index (χ4v) is 1.95. The van der Waals surface area contributed by atoms with Gasteiger partial charge < -0.3 is 5.73 Å². The highest BCUT2D eigenvalue weighted by Gasteiger charge is 2.22. The average molecular weight is 333 g/mol. The summed E-state index contributed by atoms with van der Waals surface area (Å²) in [6, 6.07) is 1.48. The number of anilines is 1. The quantitative estimate of drug-likeness (QED) is 0.282. The van der Waals surface area contributed by atoms with E-state index in [2.05, 4.69) is 0 Å². The number of benzene rings is 1. The number of hydrogen-bond donors (Lipinski definition) is 1. The van der Waals surface area contributed by atoms with Crippen molar-refractivity contribution < 1.29 is 4.92 Å². The summed E-state index contributed by atoms with van der Waals surface area (Å²) in [6.07, 6.45) is 0. The highest BCUT2D eigenvalue weighted by atomic mass is 127. The molecule has 0 aliphatic carbocycles. The number of nitrogens with two attached hydrogens (primary N) is 1. The molecule has 0 radical (unpaired) electrons. The molecule has 0 fully saturated rings. The van der Waals surface area contributed by atoms with Crippen molar-refractivity contribution in [2.24, 2.45) is 0 Å². The SMILES string of the molecule is Nc1c(I)cc(Cl)c(Cl)c1[N+](=O)[O-]. The van der Waals surface area contributed by atoms with Crippen LogP contribution in [-0.2, 0) is 0 Å². The van der Waals surface area contributed by atoms with Gasteiger partial charge in [-0.3, -0.25) is 10.1 Å². The zero-order chi connectivity index (χ0) is 10.2. The number of nitro benzene ring substituents is 1. The molecule has 1 aromatic carbocycles. The lowest BCUT2D eigenvalue weighted by Crippen LogP contribution is -1.99. The molecule has 0 heterocycles. The standard InChI is InChI=1S/C6H3Cl2IN2O2/c7-2-1-3(9)5(10)6(4(2)8)11(12)13/h1H,10H2. The predicted octanol–water partition coefficient (Wildman–Crippen LogP) is 3.09. The molecule has 1 rings (SSSR count). The van der Waals surface area contributed by atoms with Crippen molar-refractivity contribution >= 4 is 57.2 Å². The van der Waals surface area contributed by atoms with Gasteiger partial charge >= 0.3 is 5.69 Å². The first kappa shape index (κ1) is 10.8. The molecular weight excluding hydrogens is 330 g/mol. The summed E-state index contributed by atoms with van der Waals surface area (Å²) in [4.78, 5) is 9.88. The number of nitrogens with zero attached hydrogens (tertiary/aromatic N) is 1. The zero-order valence-electron chi connectivity index (χ0n) is 6.05. The highest BCUT2D eigenvalue weighted by Crippen LogP contribution is 2.39. The van der Waals surface area contributed by atoms with Gasteiger partial charge in [-0.05, 0) is 28.7 Å². The van der Waals surface area contributed by atoms with Crippen LogP contribution in [0.5, 0.6) is 0 Å². The summed E-state index contributed by atoms with van der Waals surface area (Å²) in [7, 11) is 0. The van der Waals surface area contributed by atoms with Crippen LogP contribution in [0.15, 0.2) is 6.07 Å². The van der Waals surface area contributed by atoms with Crippen LogP contribution >= 0.6 is 45.8 Å². The van der Waals surface area contributed by atoms with E-state index in [4.69, 9.17) is 28.9 Å². The monoisotopic (exact) mass is 332 g/mol. The molecule has 0 unspecified atom stereocenters. The van der Waals surface area contributed by atoms with Crippen LogP contribution in [0.1, 0.15) is 0 Å². The van der Waals surface area contributed by atoms with Crippen molar-refractivity contribution in [1.29, 1.82) is 0 Å². The highest BCUT2D eigenvalue weighted by molar-refractivity contribution is 14.1. The average Bonchev–Trinajstić information content (AvgIpc) is 2.01. The van der Waals surface area contributed by atoms with E-state index in [1.165, 1.54) is 6.07 Å². The smallest absolute Gasteiger partial charge is 0.313 e. The maximum absolute atomic E-state index is 10.5. The molecule has 2 N–H and O–H groups in total. The van der Waals surface area contributed by atoms with Crippen LogP contribution < -0.4 is 5.73 Å². The number of rotatable bonds is 1. The first-order chi connectivity index (χ1) is 5.95. The van der Waals surface area contributed by atoms with Crippen LogP contribution in [0.3, 0.4) is 0 Å². The molecule has 0 saturated heterocycles. The van der Waals surface area contributed by atoms with E-state index in [1.807, 2.05) is 22.6 Å². The summed E-state index contributed by atoms with van der Waals surface area (Å²) < 4.78 is 0.513. The fourth-order valence-electron chi connectivity index (χ4n) is 0.775. The number of nitrogen functional groups attached to an aromatic ring is 1. The van der Waals surface area contributed by atoms with E-state index in [9.17, 15) is 10.1 Å². The van der Waals surface area contributed by atoms with E-state index in [1.54, 1.807) is 0 Å². The maximum atomic E-state index is 10.5. The molecule has 7 heteroatoms. The normalized spacial score (nSPS) is 10.1. The third kappa shape index (κ3) is 1.97. The lowest BCUT2D eigenvalue weighted by molar-refractivity contribution is -0.383. The molecule has 0 bridgehead atoms. The van der Waals surface area contributed by atoms with Crippen molar-refractivity contribution in [2.75, 3.05) is 5.73 Å². The van der Waals surface area contributed by atoms with Gasteiger partial charge in [-0.2, -0.15) is 0 Å². The van der Waals surface area contributed by atoms with E-state index >= 15 is 0 Å². The molecule has 4 nitrogen and oxygen atoms in total. The van der Waals surface area contributed by atoms with Crippen molar-refractivity contribution in [2.45, 2.75) is 0 Å². The Hall–Kier alpha value is -0.270. The third-order valence-corrected chi connectivity index (χ3v) is 3.04. The summed E-state index contributed by atoms with van der Waals surface area (Å²) in [5.41, 5.74) is 5.17. The lowest BCUT2D eigenvalue weighted by atomic mass is 10.3. The first-order valence-corrected chi connectivity index (χ1v) is 4.86. The maximum Gasteiger partial charge on any atom is 0.313 e. The summed E-state index contributed by atoms with van der Waals surface area (Å²) >= 11 is 13.1. The van der Waals surface area contributed by atoms with Gasteiger partial charge in [0, 0.05) is 3.57 Å². The van der Waals surface area contributed by atoms with Gasteiger partial charge in [-0.1, -0.05) is 23.2 Å². The lowest BCUT2D eigenvalue weighted by Gasteiger charge is -2.03. The minimum Gasteiger partial charge on any atom is -0.392 e. The minimum atomic E-state index is -0.647. The Bertz CT molecular complexity index is 357. The Morgan fingerprint density at radius 1 is 1.54 bits per heavy atom. The summed E-state index contributed by atoms with van der Waals surface area (Å²) in [6.45, 7) is 0. The second-order valence-corrected chi connectivity index (χ2v) is 4.12. The Labute approximate surface area is 97.3 Å². The van der Waals surface area contributed by atoms with Gasteiger partial charge in [-0.15, -0.1) is 0 Å². The van der Waals surface area contributed by atoms with Crippen molar-refractivity contribution in [3.8, 4) is 0 Å². The molecule has 0 saturated carbocycles. The van der Waals surface area contributed by atoms with Crippen LogP contribution in [0, 0.1) is 13.7 Å². The van der Waals surface area contributed by atoms with Gasteiger partial charge in [0.05, 0.1) is 9.95 Å². The van der Waals surface area contributed by atoms with Crippen molar-refractivity contribution in [1.82, 2.24) is 0 Å². The van der Waals surface area contributed by atoms with E-state index in [-0.39, 0.29) is 21.4 Å². The summed E-state index contributed by atoms with van der Waals surface area (Å²) in [5, 5.41) is 10.5. The Morgan fingerprint density at radius 3 is 2.54 bits per heavy atom. The zero-order valence-corrected chi connectivity index (χ0v) is 9.72. The molecular formula is C6H3Cl2IN2O2. The molecule has 1 aromatic rings. The molecule has 0 aliphatic rings. The van der Waals surface area contributed by atoms with Gasteiger partial charge in [0.15, 0.2) is 0 Å². The molecule has 0 spiro atoms. The van der Waals surface area contributed by atoms with Crippen molar-refractivity contribution in [3.05, 3.63) is 29.8 Å². The van der Waals surface area contributed by atoms with E-state index in [0.717, 1.165) is 0 Å². The van der Waals surface area contributed by atoms with Crippen LogP contribution in [0.4, 0.5) is 11.4 Å². The second-order valence-electron chi connectivity index (χ2n) is 2.17. The van der Waals surface area contributed by atoms with Gasteiger partial charge in [0.25, 0.3) is 0 Å². The predicted molar refractivity (Wildman–Crippen MR) is 60.2 cm³/mol. The minimum absolute atomic E-state index is 0.0417. The Morgan fingerprint density at radius 2 is 2.08 bits per heavy atom. The van der Waals surface area contributed by atoms with Crippen LogP contribution in [-0.4, -0.2) is 4.92 Å². The number of hydrogen-bond acceptors (Lipinski definition) is 3. The van der Waals surface area contributed by atoms with Crippen LogP contribution in [0.2, 0.25) is 10.0 Å². The van der Waals surface area contributed by atoms with Gasteiger partial charge in [-0.25, -0.2) is 0 Å². The Kier molecular flexibility index (Phi) is 3.20. The molecule has 0 atom stereocenters. The fraction of sp³-hybridized carbons (Fsp3) is 0. The molecule has 0 aromatic heterocycles. The molecule has 0 aliphatic heterocycles. The van der Waals surface area contributed by atoms with E-state index in [0.29, 0.717) is 3.57 Å². The first-order valence-electron chi connectivity index (χ1n) is 3.02. The summed E-state index contributed by atoms with van der Waals surface area (Å²) in [5.74, 6) is 0. The van der Waals surface area contributed by atoms with Crippen LogP contribution in [0.25, 0.3) is 0 Å². The van der Waals surface area contributed by atoms with Crippen molar-refractivity contribution in [3.63, 3.8) is 0 Å². The molecule has 0 amide bonds.